The zero-order chi connectivity index (χ0) is 20.3. The average Bonchev–Trinajstić information content (AvgIpc) is 3.40. The molecule has 0 bridgehead atoms. The molecule has 6 nitrogen and oxygen atoms in total. The molecule has 4 aromatic rings. The maximum absolute atomic E-state index is 5.77. The van der Waals surface area contributed by atoms with E-state index in [-0.39, 0.29) is 12.1 Å². The van der Waals surface area contributed by atoms with Crippen LogP contribution in [0.15, 0.2) is 91.6 Å². The molecule has 5 heterocycles. The molecule has 4 aromatic heterocycles. The molecule has 7 heteroatoms. The van der Waals surface area contributed by atoms with Crippen molar-refractivity contribution in [1.82, 2.24) is 29.7 Å². The van der Waals surface area contributed by atoms with Gasteiger partial charge in [-0.2, -0.15) is 0 Å². The van der Waals surface area contributed by atoms with Crippen molar-refractivity contribution in [2.45, 2.75) is 18.6 Å². The second-order valence-electron chi connectivity index (χ2n) is 7.08. The van der Waals surface area contributed by atoms with Gasteiger partial charge in [-0.1, -0.05) is 12.1 Å². The SMILES string of the molecule is S=C1N[C@H](c2ccccn2)[C@@H](c2cccn2-c2ccncc2)N1Cc1ccccn1. The normalized spacial score (nSPS) is 18.4. The fourth-order valence-electron chi connectivity index (χ4n) is 3.94. The summed E-state index contributed by atoms with van der Waals surface area (Å²) in [6, 6.07) is 20.0. The minimum atomic E-state index is -0.0714. The van der Waals surface area contributed by atoms with Crippen molar-refractivity contribution in [3.05, 3.63) is 109 Å². The zero-order valence-electron chi connectivity index (χ0n) is 16.2. The van der Waals surface area contributed by atoms with Crippen LogP contribution in [0.1, 0.15) is 29.2 Å². The first-order valence-corrected chi connectivity index (χ1v) is 10.2. The van der Waals surface area contributed by atoms with Crippen LogP contribution in [0.3, 0.4) is 0 Å². The smallest absolute Gasteiger partial charge is 0.170 e. The summed E-state index contributed by atoms with van der Waals surface area (Å²) in [5, 5.41) is 4.20. The van der Waals surface area contributed by atoms with Gasteiger partial charge in [-0.05, 0) is 60.7 Å². The number of aromatic nitrogens is 4. The van der Waals surface area contributed by atoms with E-state index in [1.54, 1.807) is 12.4 Å². The predicted molar refractivity (Wildman–Crippen MR) is 119 cm³/mol. The summed E-state index contributed by atoms with van der Waals surface area (Å²) in [6.07, 6.45) is 9.31. The molecule has 0 aromatic carbocycles. The van der Waals surface area contributed by atoms with E-state index in [0.29, 0.717) is 11.7 Å². The summed E-state index contributed by atoms with van der Waals surface area (Å²) in [5.41, 5.74) is 4.10. The van der Waals surface area contributed by atoms with Gasteiger partial charge in [-0.3, -0.25) is 15.0 Å². The lowest BCUT2D eigenvalue weighted by Gasteiger charge is -2.28. The predicted octanol–water partition coefficient (Wildman–Crippen LogP) is 3.84. The number of nitrogens with zero attached hydrogens (tertiary/aromatic N) is 5. The highest BCUT2D eigenvalue weighted by molar-refractivity contribution is 7.80. The van der Waals surface area contributed by atoms with Crippen molar-refractivity contribution < 1.29 is 0 Å². The van der Waals surface area contributed by atoms with Gasteiger partial charge in [0.1, 0.15) is 0 Å². The Bertz CT molecular complexity index is 1130. The van der Waals surface area contributed by atoms with Gasteiger partial charge >= 0.3 is 0 Å². The molecule has 5 rings (SSSR count). The number of pyridine rings is 3. The molecule has 30 heavy (non-hydrogen) atoms. The van der Waals surface area contributed by atoms with E-state index in [9.17, 15) is 0 Å². The molecule has 0 unspecified atom stereocenters. The summed E-state index contributed by atoms with van der Waals surface area (Å²) in [5.74, 6) is 0. The third-order valence-corrected chi connectivity index (χ3v) is 5.63. The van der Waals surface area contributed by atoms with Gasteiger partial charge in [0.05, 0.1) is 30.0 Å². The minimum absolute atomic E-state index is 0.0439. The standard InChI is InChI=1S/C23H20N6S/c30-23-27-21(19-7-2-4-12-26-19)22(29(23)16-17-6-1-3-11-25-17)20-8-5-15-28(20)18-9-13-24-14-10-18/h1-15,21-22H,16H2,(H,27,30)/t21-,22-/m1/s1. The first kappa shape index (κ1) is 18.4. The van der Waals surface area contributed by atoms with Crippen molar-refractivity contribution >= 4 is 17.3 Å². The van der Waals surface area contributed by atoms with Gasteiger partial charge in [0.15, 0.2) is 5.11 Å². The molecule has 1 saturated heterocycles. The highest BCUT2D eigenvalue weighted by Gasteiger charge is 2.41. The highest BCUT2D eigenvalue weighted by atomic mass is 32.1. The molecule has 1 aliphatic rings. The van der Waals surface area contributed by atoms with Crippen LogP contribution in [-0.2, 0) is 6.54 Å². The lowest BCUT2D eigenvalue weighted by atomic mass is 10.0. The fourth-order valence-corrected chi connectivity index (χ4v) is 4.24. The maximum Gasteiger partial charge on any atom is 0.170 e. The van der Waals surface area contributed by atoms with E-state index in [0.717, 1.165) is 22.8 Å². The van der Waals surface area contributed by atoms with Crippen LogP contribution in [0.4, 0.5) is 0 Å². The van der Waals surface area contributed by atoms with Crippen molar-refractivity contribution in [2.24, 2.45) is 0 Å². The van der Waals surface area contributed by atoms with E-state index in [4.69, 9.17) is 12.2 Å². The van der Waals surface area contributed by atoms with Crippen LogP contribution >= 0.6 is 12.2 Å². The summed E-state index contributed by atoms with van der Waals surface area (Å²) in [7, 11) is 0. The molecule has 2 atom stereocenters. The highest BCUT2D eigenvalue weighted by Crippen LogP contribution is 2.40. The molecule has 0 spiro atoms. The topological polar surface area (TPSA) is 58.9 Å². The number of nitrogens with one attached hydrogen (secondary N) is 1. The van der Waals surface area contributed by atoms with Crippen molar-refractivity contribution in [1.29, 1.82) is 0 Å². The molecule has 1 N–H and O–H groups in total. The van der Waals surface area contributed by atoms with E-state index in [2.05, 4.69) is 48.1 Å². The Kier molecular flexibility index (Phi) is 4.94. The van der Waals surface area contributed by atoms with E-state index in [1.807, 2.05) is 60.9 Å². The van der Waals surface area contributed by atoms with Crippen molar-refractivity contribution in [3.8, 4) is 5.69 Å². The Morgan fingerprint density at radius 3 is 2.40 bits per heavy atom. The quantitative estimate of drug-likeness (QED) is 0.503. The fraction of sp³-hybridized carbons (Fsp3) is 0.130. The minimum Gasteiger partial charge on any atom is -0.352 e. The third kappa shape index (κ3) is 3.44. The Morgan fingerprint density at radius 2 is 1.67 bits per heavy atom. The van der Waals surface area contributed by atoms with Gasteiger partial charge in [0, 0.05) is 42.4 Å². The van der Waals surface area contributed by atoms with Crippen LogP contribution < -0.4 is 5.32 Å². The summed E-state index contributed by atoms with van der Waals surface area (Å²) >= 11 is 5.77. The maximum atomic E-state index is 5.77. The van der Waals surface area contributed by atoms with Gasteiger partial charge in [0.2, 0.25) is 0 Å². The van der Waals surface area contributed by atoms with E-state index >= 15 is 0 Å². The van der Waals surface area contributed by atoms with Gasteiger partial charge in [0.25, 0.3) is 0 Å². The molecule has 0 amide bonds. The van der Waals surface area contributed by atoms with Crippen LogP contribution in [0.2, 0.25) is 0 Å². The number of hydrogen-bond acceptors (Lipinski definition) is 4. The van der Waals surface area contributed by atoms with Crippen LogP contribution in [0.25, 0.3) is 5.69 Å². The van der Waals surface area contributed by atoms with Gasteiger partial charge in [-0.15, -0.1) is 0 Å². The number of rotatable bonds is 5. The Balaban J connectivity index is 1.60. The Labute approximate surface area is 180 Å². The van der Waals surface area contributed by atoms with Crippen molar-refractivity contribution in [2.75, 3.05) is 0 Å². The lowest BCUT2D eigenvalue weighted by molar-refractivity contribution is 0.299. The van der Waals surface area contributed by atoms with Gasteiger partial charge < -0.3 is 14.8 Å². The van der Waals surface area contributed by atoms with Crippen molar-refractivity contribution in [3.63, 3.8) is 0 Å². The van der Waals surface area contributed by atoms with E-state index in [1.165, 1.54) is 0 Å². The average molecular weight is 413 g/mol. The molecule has 148 valence electrons. The number of hydrogen-bond donors (Lipinski definition) is 1. The molecular formula is C23H20N6S. The Morgan fingerprint density at radius 1 is 0.867 bits per heavy atom. The second-order valence-corrected chi connectivity index (χ2v) is 7.47. The first-order valence-electron chi connectivity index (χ1n) is 9.77. The largest absolute Gasteiger partial charge is 0.352 e. The lowest BCUT2D eigenvalue weighted by Crippen LogP contribution is -2.30. The Hall–Kier alpha value is -3.58. The van der Waals surface area contributed by atoms with Crippen LogP contribution in [0.5, 0.6) is 0 Å². The summed E-state index contributed by atoms with van der Waals surface area (Å²) in [6.45, 7) is 0.613. The molecule has 0 saturated carbocycles. The zero-order valence-corrected chi connectivity index (χ0v) is 17.0. The van der Waals surface area contributed by atoms with E-state index < -0.39 is 0 Å². The summed E-state index contributed by atoms with van der Waals surface area (Å²) in [4.78, 5) is 15.5. The second kappa shape index (κ2) is 8.04. The number of thiocarbonyl (C=S) groups is 1. The molecule has 1 aliphatic heterocycles. The van der Waals surface area contributed by atoms with Crippen LogP contribution in [0, 0.1) is 0 Å². The van der Waals surface area contributed by atoms with Gasteiger partial charge in [-0.25, -0.2) is 0 Å². The first-order chi connectivity index (χ1) is 14.8. The molecular weight excluding hydrogens is 392 g/mol. The molecule has 1 fully saturated rings. The van der Waals surface area contributed by atoms with Crippen LogP contribution in [-0.4, -0.2) is 29.5 Å². The summed E-state index contributed by atoms with van der Waals surface area (Å²) < 4.78 is 2.18. The third-order valence-electron chi connectivity index (χ3n) is 5.28. The molecule has 0 radical (unpaired) electrons. The monoisotopic (exact) mass is 412 g/mol. The molecule has 0 aliphatic carbocycles.